The third-order valence-electron chi connectivity index (χ3n) is 4.32. The fourth-order valence-electron chi connectivity index (χ4n) is 2.82. The van der Waals surface area contributed by atoms with Crippen LogP contribution in [0.4, 0.5) is 9.18 Å². The maximum Gasteiger partial charge on any atom is 0.317 e. The van der Waals surface area contributed by atoms with E-state index in [1.54, 1.807) is 17.9 Å². The molecule has 122 valence electrons. The van der Waals surface area contributed by atoms with Gasteiger partial charge in [0.2, 0.25) is 0 Å². The number of nitrogens with zero attached hydrogens (tertiary/aromatic N) is 1. The lowest BCUT2D eigenvalue weighted by Crippen LogP contribution is -2.43. The molecule has 0 spiro atoms. The van der Waals surface area contributed by atoms with Gasteiger partial charge in [-0.2, -0.15) is 0 Å². The van der Waals surface area contributed by atoms with Gasteiger partial charge in [-0.05, 0) is 50.8 Å². The van der Waals surface area contributed by atoms with Gasteiger partial charge in [0.25, 0.3) is 0 Å². The van der Waals surface area contributed by atoms with Crippen LogP contribution in [0.25, 0.3) is 0 Å². The lowest BCUT2D eigenvalue weighted by molar-refractivity contribution is 0.129. The highest BCUT2D eigenvalue weighted by molar-refractivity contribution is 5.74. The number of hydrogen-bond donors (Lipinski definition) is 2. The van der Waals surface area contributed by atoms with Crippen LogP contribution in [0, 0.1) is 11.7 Å². The highest BCUT2D eigenvalue weighted by Gasteiger charge is 2.29. The summed E-state index contributed by atoms with van der Waals surface area (Å²) in [7, 11) is 0. The van der Waals surface area contributed by atoms with E-state index in [9.17, 15) is 14.3 Å². The summed E-state index contributed by atoms with van der Waals surface area (Å²) >= 11 is 0. The zero-order valence-electron chi connectivity index (χ0n) is 13.3. The smallest absolute Gasteiger partial charge is 0.317 e. The summed E-state index contributed by atoms with van der Waals surface area (Å²) in [6.07, 6.45) is 1.98. The minimum Gasteiger partial charge on any atom is -0.393 e. The van der Waals surface area contributed by atoms with Gasteiger partial charge in [0.05, 0.1) is 6.10 Å². The Morgan fingerprint density at radius 1 is 1.50 bits per heavy atom. The van der Waals surface area contributed by atoms with Gasteiger partial charge in [0, 0.05) is 25.0 Å². The van der Waals surface area contributed by atoms with Gasteiger partial charge >= 0.3 is 6.03 Å². The average Bonchev–Trinajstić information content (AvgIpc) is 2.95. The first-order valence-electron chi connectivity index (χ1n) is 7.93. The summed E-state index contributed by atoms with van der Waals surface area (Å²) in [4.78, 5) is 13.9. The molecule has 1 aromatic carbocycles. The molecule has 2 amide bonds. The number of likely N-dealkylation sites (tertiary alicyclic amines) is 1. The van der Waals surface area contributed by atoms with E-state index in [4.69, 9.17) is 0 Å². The number of aliphatic hydroxyl groups excluding tert-OH is 1. The number of urea groups is 1. The number of benzene rings is 1. The van der Waals surface area contributed by atoms with E-state index in [0.717, 1.165) is 24.8 Å². The molecule has 0 aliphatic carbocycles. The molecule has 0 radical (unpaired) electrons. The van der Waals surface area contributed by atoms with Gasteiger partial charge in [0.1, 0.15) is 5.82 Å². The van der Waals surface area contributed by atoms with E-state index in [-0.39, 0.29) is 29.9 Å². The Labute approximate surface area is 131 Å². The molecule has 4 nitrogen and oxygen atoms in total. The average molecular weight is 308 g/mol. The van der Waals surface area contributed by atoms with E-state index in [1.807, 2.05) is 13.0 Å². The molecule has 1 aliphatic heterocycles. The van der Waals surface area contributed by atoms with E-state index >= 15 is 0 Å². The van der Waals surface area contributed by atoms with Gasteiger partial charge in [-0.3, -0.25) is 0 Å². The normalized spacial score (nSPS) is 20.7. The van der Waals surface area contributed by atoms with E-state index in [2.05, 4.69) is 5.32 Å². The largest absolute Gasteiger partial charge is 0.393 e. The molecule has 1 aliphatic rings. The van der Waals surface area contributed by atoms with Gasteiger partial charge < -0.3 is 15.3 Å². The van der Waals surface area contributed by atoms with Crippen molar-refractivity contribution in [3.8, 4) is 0 Å². The fourth-order valence-corrected chi connectivity index (χ4v) is 2.82. The van der Waals surface area contributed by atoms with Crippen LogP contribution in [0.1, 0.15) is 32.3 Å². The predicted molar refractivity (Wildman–Crippen MR) is 84.1 cm³/mol. The monoisotopic (exact) mass is 308 g/mol. The Morgan fingerprint density at radius 3 is 2.91 bits per heavy atom. The van der Waals surface area contributed by atoms with Crippen molar-refractivity contribution < 1.29 is 14.3 Å². The van der Waals surface area contributed by atoms with Crippen molar-refractivity contribution in [2.45, 2.75) is 45.3 Å². The number of carbonyl (C=O) groups excluding carboxylic acids is 1. The maximum absolute atomic E-state index is 13.1. The number of amides is 2. The van der Waals surface area contributed by atoms with E-state index in [1.165, 1.54) is 12.1 Å². The third-order valence-corrected chi connectivity index (χ3v) is 4.32. The number of aliphatic hydroxyl groups is 1. The number of rotatable bonds is 5. The van der Waals surface area contributed by atoms with Crippen molar-refractivity contribution in [1.82, 2.24) is 10.2 Å². The molecule has 1 heterocycles. The van der Waals surface area contributed by atoms with Crippen LogP contribution in [0.3, 0.4) is 0 Å². The van der Waals surface area contributed by atoms with E-state index in [0.29, 0.717) is 13.1 Å². The fraction of sp³-hybridized carbons (Fsp3) is 0.588. The summed E-state index contributed by atoms with van der Waals surface area (Å²) in [5.74, 6) is -0.0521. The molecule has 0 bridgehead atoms. The second-order valence-electron chi connectivity index (χ2n) is 6.25. The summed E-state index contributed by atoms with van der Waals surface area (Å²) < 4.78 is 13.1. The molecule has 2 rings (SSSR count). The van der Waals surface area contributed by atoms with Crippen LogP contribution < -0.4 is 5.32 Å². The minimum absolute atomic E-state index is 0.0290. The first kappa shape index (κ1) is 16.7. The molecule has 0 saturated carbocycles. The van der Waals surface area contributed by atoms with Crippen LogP contribution in [0.15, 0.2) is 24.3 Å². The number of halogens is 1. The lowest BCUT2D eigenvalue weighted by atomic mass is 10.0. The molecule has 22 heavy (non-hydrogen) atoms. The Hall–Kier alpha value is -1.62. The standard InChI is InChI=1S/C17H25FN2O2/c1-12(6-7-14-4-3-5-16(18)10-14)19-17(22)20-9-8-15(11-20)13(2)21/h3-5,10,12-13,15,21H,6-9,11H2,1-2H3,(H,19,22). The van der Waals surface area contributed by atoms with Crippen LogP contribution in [0.2, 0.25) is 0 Å². The van der Waals surface area contributed by atoms with Gasteiger partial charge in [-0.25, -0.2) is 9.18 Å². The second-order valence-corrected chi connectivity index (χ2v) is 6.25. The highest BCUT2D eigenvalue weighted by Crippen LogP contribution is 2.19. The molecule has 1 fully saturated rings. The highest BCUT2D eigenvalue weighted by atomic mass is 19.1. The third kappa shape index (κ3) is 4.70. The molecule has 2 N–H and O–H groups in total. The topological polar surface area (TPSA) is 52.6 Å². The quantitative estimate of drug-likeness (QED) is 0.878. The first-order chi connectivity index (χ1) is 10.5. The number of aryl methyl sites for hydroxylation is 1. The first-order valence-corrected chi connectivity index (χ1v) is 7.93. The van der Waals surface area contributed by atoms with Crippen LogP contribution >= 0.6 is 0 Å². The maximum atomic E-state index is 13.1. The van der Waals surface area contributed by atoms with Gasteiger partial charge in [-0.1, -0.05) is 12.1 Å². The van der Waals surface area contributed by atoms with Crippen molar-refractivity contribution in [3.63, 3.8) is 0 Å². The lowest BCUT2D eigenvalue weighted by Gasteiger charge is -2.21. The minimum atomic E-state index is -0.372. The predicted octanol–water partition coefficient (Wildman–Crippen LogP) is 2.56. The summed E-state index contributed by atoms with van der Waals surface area (Å²) in [6, 6.07) is 6.51. The molecular formula is C17H25FN2O2. The van der Waals surface area contributed by atoms with Crippen molar-refractivity contribution in [1.29, 1.82) is 0 Å². The molecule has 5 heteroatoms. The molecule has 3 atom stereocenters. The van der Waals surface area contributed by atoms with Gasteiger partial charge in [-0.15, -0.1) is 0 Å². The van der Waals surface area contributed by atoms with E-state index < -0.39 is 0 Å². The number of nitrogens with one attached hydrogen (secondary N) is 1. The molecule has 1 saturated heterocycles. The van der Waals surface area contributed by atoms with Crippen molar-refractivity contribution >= 4 is 6.03 Å². The number of hydrogen-bond acceptors (Lipinski definition) is 2. The summed E-state index contributed by atoms with van der Waals surface area (Å²) in [5, 5.41) is 12.6. The second kappa shape index (κ2) is 7.58. The van der Waals surface area contributed by atoms with Crippen molar-refractivity contribution in [3.05, 3.63) is 35.6 Å². The zero-order chi connectivity index (χ0) is 16.1. The Kier molecular flexibility index (Phi) is 5.77. The summed E-state index contributed by atoms with van der Waals surface area (Å²) in [6.45, 7) is 5.03. The van der Waals surface area contributed by atoms with Crippen LogP contribution in [0.5, 0.6) is 0 Å². The SMILES string of the molecule is CC(CCc1cccc(F)c1)NC(=O)N1CCC(C(C)O)C1. The molecule has 3 unspecified atom stereocenters. The Bertz CT molecular complexity index is 507. The van der Waals surface area contributed by atoms with Crippen LogP contribution in [-0.4, -0.2) is 41.3 Å². The van der Waals surface area contributed by atoms with Crippen LogP contribution in [-0.2, 0) is 6.42 Å². The summed E-state index contributed by atoms with van der Waals surface area (Å²) in [5.41, 5.74) is 0.941. The van der Waals surface area contributed by atoms with Crippen molar-refractivity contribution in [2.75, 3.05) is 13.1 Å². The van der Waals surface area contributed by atoms with Gasteiger partial charge in [0.15, 0.2) is 0 Å². The molecule has 0 aromatic heterocycles. The zero-order valence-corrected chi connectivity index (χ0v) is 13.3. The Balaban J connectivity index is 1.75. The number of carbonyl (C=O) groups is 1. The Morgan fingerprint density at radius 2 is 2.27 bits per heavy atom. The molecular weight excluding hydrogens is 283 g/mol. The molecule has 1 aromatic rings. The van der Waals surface area contributed by atoms with Crippen molar-refractivity contribution in [2.24, 2.45) is 5.92 Å².